The Kier molecular flexibility index (Phi) is 7.97. The summed E-state index contributed by atoms with van der Waals surface area (Å²) < 4.78 is 32.5. The Morgan fingerprint density at radius 2 is 1.74 bits per heavy atom. The van der Waals surface area contributed by atoms with Crippen LogP contribution in [-0.4, -0.2) is 38.8 Å². The standard InChI is InChI=1S/C23H29ClN2O4S/c1-26(31(28,29)21-12-10-19(24)11-13-21)16-18-15-17(9-14-22(18)30-2)23(27)25-20-7-5-3-4-6-8-20/h9-15,20H,3-8,16H2,1-2H3,(H,25,27). The molecule has 1 N–H and O–H groups in total. The zero-order valence-corrected chi connectivity index (χ0v) is 19.5. The lowest BCUT2D eigenvalue weighted by Gasteiger charge is -2.20. The number of carbonyl (C=O) groups is 1. The minimum absolute atomic E-state index is 0.0681. The van der Waals surface area contributed by atoms with Crippen molar-refractivity contribution in [3.8, 4) is 5.75 Å². The van der Waals surface area contributed by atoms with Crippen LogP contribution in [0.25, 0.3) is 0 Å². The summed E-state index contributed by atoms with van der Waals surface area (Å²) in [5.74, 6) is 0.392. The Labute approximate surface area is 189 Å². The van der Waals surface area contributed by atoms with E-state index in [2.05, 4.69) is 5.32 Å². The van der Waals surface area contributed by atoms with Gasteiger partial charge in [0.2, 0.25) is 10.0 Å². The number of carbonyl (C=O) groups excluding carboxylic acids is 1. The van der Waals surface area contributed by atoms with Crippen molar-refractivity contribution in [2.24, 2.45) is 0 Å². The molecule has 1 aliphatic carbocycles. The Morgan fingerprint density at radius 3 is 2.35 bits per heavy atom. The normalized spacial score (nSPS) is 15.5. The lowest BCUT2D eigenvalue weighted by Crippen LogP contribution is -2.34. The second-order valence-electron chi connectivity index (χ2n) is 7.90. The number of nitrogens with one attached hydrogen (secondary N) is 1. The highest BCUT2D eigenvalue weighted by Crippen LogP contribution is 2.25. The van der Waals surface area contributed by atoms with E-state index in [0.717, 1.165) is 25.7 Å². The Balaban J connectivity index is 1.78. The maximum absolute atomic E-state index is 12.9. The second kappa shape index (κ2) is 10.5. The van der Waals surface area contributed by atoms with Crippen LogP contribution in [0.3, 0.4) is 0 Å². The fourth-order valence-corrected chi connectivity index (χ4v) is 5.12. The van der Waals surface area contributed by atoms with Crippen molar-refractivity contribution in [1.29, 1.82) is 0 Å². The first kappa shape index (κ1) is 23.6. The van der Waals surface area contributed by atoms with Crippen molar-refractivity contribution in [2.75, 3.05) is 14.2 Å². The molecule has 0 saturated heterocycles. The monoisotopic (exact) mass is 464 g/mol. The first-order valence-electron chi connectivity index (χ1n) is 10.5. The van der Waals surface area contributed by atoms with Gasteiger partial charge in [0, 0.05) is 35.8 Å². The van der Waals surface area contributed by atoms with E-state index < -0.39 is 10.0 Å². The third-order valence-electron chi connectivity index (χ3n) is 5.65. The van der Waals surface area contributed by atoms with Crippen LogP contribution in [0.2, 0.25) is 5.02 Å². The summed E-state index contributed by atoms with van der Waals surface area (Å²) in [4.78, 5) is 13.0. The van der Waals surface area contributed by atoms with Gasteiger partial charge >= 0.3 is 0 Å². The topological polar surface area (TPSA) is 75.7 Å². The van der Waals surface area contributed by atoms with Crippen molar-refractivity contribution < 1.29 is 17.9 Å². The molecule has 0 heterocycles. The molecule has 0 bridgehead atoms. The van der Waals surface area contributed by atoms with Gasteiger partial charge in [-0.3, -0.25) is 4.79 Å². The van der Waals surface area contributed by atoms with Crippen LogP contribution >= 0.6 is 11.6 Å². The van der Waals surface area contributed by atoms with E-state index >= 15 is 0 Å². The van der Waals surface area contributed by atoms with Crippen molar-refractivity contribution in [1.82, 2.24) is 9.62 Å². The molecule has 8 heteroatoms. The summed E-state index contributed by atoms with van der Waals surface area (Å²) in [7, 11) is -0.693. The van der Waals surface area contributed by atoms with E-state index in [1.54, 1.807) is 30.3 Å². The number of rotatable bonds is 7. The number of nitrogens with zero attached hydrogens (tertiary/aromatic N) is 1. The summed E-state index contributed by atoms with van der Waals surface area (Å²) >= 11 is 5.87. The number of hydrogen-bond donors (Lipinski definition) is 1. The molecule has 0 atom stereocenters. The SMILES string of the molecule is COc1ccc(C(=O)NC2CCCCCC2)cc1CN(C)S(=O)(=O)c1ccc(Cl)cc1. The zero-order valence-electron chi connectivity index (χ0n) is 17.9. The first-order chi connectivity index (χ1) is 14.8. The molecule has 2 aromatic rings. The molecule has 31 heavy (non-hydrogen) atoms. The Morgan fingerprint density at radius 1 is 1.10 bits per heavy atom. The molecule has 1 saturated carbocycles. The van der Waals surface area contributed by atoms with Crippen LogP contribution in [0.4, 0.5) is 0 Å². The van der Waals surface area contributed by atoms with Gasteiger partial charge in [-0.15, -0.1) is 0 Å². The van der Waals surface area contributed by atoms with E-state index in [0.29, 0.717) is 21.9 Å². The molecule has 1 aliphatic rings. The molecule has 1 fully saturated rings. The molecule has 0 aromatic heterocycles. The second-order valence-corrected chi connectivity index (χ2v) is 10.4. The lowest BCUT2D eigenvalue weighted by molar-refractivity contribution is 0.0933. The molecule has 0 unspecified atom stereocenters. The van der Waals surface area contributed by atoms with Crippen LogP contribution in [-0.2, 0) is 16.6 Å². The van der Waals surface area contributed by atoms with E-state index in [9.17, 15) is 13.2 Å². The van der Waals surface area contributed by atoms with Crippen LogP contribution in [0.5, 0.6) is 5.75 Å². The molecular weight excluding hydrogens is 436 g/mol. The molecular formula is C23H29ClN2O4S. The third-order valence-corrected chi connectivity index (χ3v) is 7.72. The summed E-state index contributed by atoms with van der Waals surface area (Å²) in [5.41, 5.74) is 1.12. The molecule has 6 nitrogen and oxygen atoms in total. The van der Waals surface area contributed by atoms with Gasteiger partial charge in [-0.2, -0.15) is 4.31 Å². The van der Waals surface area contributed by atoms with E-state index in [1.807, 2.05) is 0 Å². The van der Waals surface area contributed by atoms with E-state index in [4.69, 9.17) is 16.3 Å². The van der Waals surface area contributed by atoms with Crippen molar-refractivity contribution in [3.05, 3.63) is 58.6 Å². The highest BCUT2D eigenvalue weighted by Gasteiger charge is 2.23. The maximum atomic E-state index is 12.9. The van der Waals surface area contributed by atoms with Gasteiger partial charge in [-0.05, 0) is 55.3 Å². The lowest BCUT2D eigenvalue weighted by atomic mass is 10.1. The predicted octanol–water partition coefficient (Wildman–Crippen LogP) is 4.62. The highest BCUT2D eigenvalue weighted by molar-refractivity contribution is 7.89. The summed E-state index contributed by atoms with van der Waals surface area (Å²) in [6.07, 6.45) is 6.69. The van der Waals surface area contributed by atoms with Crippen LogP contribution in [0.1, 0.15) is 54.4 Å². The molecule has 0 aliphatic heterocycles. The molecule has 1 amide bonds. The fourth-order valence-electron chi connectivity index (χ4n) is 3.85. The van der Waals surface area contributed by atoms with Gasteiger partial charge in [0.1, 0.15) is 5.75 Å². The summed E-state index contributed by atoms with van der Waals surface area (Å²) in [5, 5.41) is 3.60. The number of amides is 1. The quantitative estimate of drug-likeness (QED) is 0.606. The third kappa shape index (κ3) is 5.99. The summed E-state index contributed by atoms with van der Waals surface area (Å²) in [6, 6.07) is 11.3. The number of halogens is 1. The average Bonchev–Trinajstić information content (AvgIpc) is 3.02. The van der Waals surface area contributed by atoms with E-state index in [1.165, 1.54) is 43.4 Å². The highest BCUT2D eigenvalue weighted by atomic mass is 35.5. The molecule has 0 spiro atoms. The van der Waals surface area contributed by atoms with Crippen molar-refractivity contribution >= 4 is 27.5 Å². The fraction of sp³-hybridized carbons (Fsp3) is 0.435. The zero-order chi connectivity index (χ0) is 22.4. The average molecular weight is 465 g/mol. The van der Waals surface area contributed by atoms with Gasteiger partial charge in [0.15, 0.2) is 0 Å². The minimum atomic E-state index is -3.72. The van der Waals surface area contributed by atoms with Crippen LogP contribution in [0.15, 0.2) is 47.4 Å². The van der Waals surface area contributed by atoms with Crippen LogP contribution < -0.4 is 10.1 Å². The van der Waals surface area contributed by atoms with Crippen molar-refractivity contribution in [3.63, 3.8) is 0 Å². The predicted molar refractivity (Wildman–Crippen MR) is 122 cm³/mol. The van der Waals surface area contributed by atoms with Gasteiger partial charge in [-0.1, -0.05) is 37.3 Å². The largest absolute Gasteiger partial charge is 0.496 e. The van der Waals surface area contributed by atoms with E-state index in [-0.39, 0.29) is 23.4 Å². The smallest absolute Gasteiger partial charge is 0.251 e. The number of benzene rings is 2. The molecule has 3 rings (SSSR count). The van der Waals surface area contributed by atoms with Crippen LogP contribution in [0, 0.1) is 0 Å². The number of hydrogen-bond acceptors (Lipinski definition) is 4. The first-order valence-corrected chi connectivity index (χ1v) is 12.3. The summed E-state index contributed by atoms with van der Waals surface area (Å²) in [6.45, 7) is 0.0681. The number of sulfonamides is 1. The van der Waals surface area contributed by atoms with Gasteiger partial charge in [-0.25, -0.2) is 8.42 Å². The molecule has 0 radical (unpaired) electrons. The Bertz CT molecular complexity index is 1000. The maximum Gasteiger partial charge on any atom is 0.251 e. The minimum Gasteiger partial charge on any atom is -0.496 e. The number of methoxy groups -OCH3 is 1. The van der Waals surface area contributed by atoms with Gasteiger partial charge in [0.05, 0.1) is 12.0 Å². The van der Waals surface area contributed by atoms with Gasteiger partial charge in [0.25, 0.3) is 5.91 Å². The molecule has 2 aromatic carbocycles. The Hall–Kier alpha value is -2.09. The van der Waals surface area contributed by atoms with Crippen molar-refractivity contribution in [2.45, 2.75) is 56.0 Å². The number of ether oxygens (including phenoxy) is 1. The molecule has 168 valence electrons. The van der Waals surface area contributed by atoms with Gasteiger partial charge < -0.3 is 10.1 Å².